The van der Waals surface area contributed by atoms with Gasteiger partial charge in [-0.25, -0.2) is 0 Å². The maximum absolute atomic E-state index is 12.0. The normalized spacial score (nSPS) is 16.3. The number of aryl methyl sites for hydroxylation is 1. The minimum atomic E-state index is 0. The number of nitrogens with zero attached hydrogens (tertiary/aromatic N) is 1. The first kappa shape index (κ1) is 18.4. The topological polar surface area (TPSA) is 44.4 Å². The van der Waals surface area contributed by atoms with Gasteiger partial charge >= 0.3 is 0 Å². The molecule has 1 fully saturated rings. The first-order valence-corrected chi connectivity index (χ1v) is 7.83. The van der Waals surface area contributed by atoms with E-state index < -0.39 is 0 Å². The first-order valence-electron chi connectivity index (χ1n) is 7.04. The van der Waals surface area contributed by atoms with Gasteiger partial charge in [0, 0.05) is 29.3 Å². The Bertz CT molecular complexity index is 476. The Morgan fingerprint density at radius 3 is 2.62 bits per heavy atom. The summed E-state index contributed by atoms with van der Waals surface area (Å²) in [6.45, 7) is 4.46. The molecule has 0 atom stereocenters. The minimum absolute atomic E-state index is 0. The predicted molar refractivity (Wildman–Crippen MR) is 93.3 cm³/mol. The van der Waals surface area contributed by atoms with E-state index in [1.54, 1.807) is 0 Å². The van der Waals surface area contributed by atoms with Crippen LogP contribution in [0.1, 0.15) is 18.4 Å². The fourth-order valence-corrected chi connectivity index (χ4v) is 2.75. The van der Waals surface area contributed by atoms with Gasteiger partial charge in [-0.2, -0.15) is 0 Å². The van der Waals surface area contributed by atoms with Crippen LogP contribution in [0.25, 0.3) is 0 Å². The van der Waals surface area contributed by atoms with Gasteiger partial charge in [0.15, 0.2) is 0 Å². The molecular weight excluding hydrogens is 354 g/mol. The second kappa shape index (κ2) is 8.73. The Kier molecular flexibility index (Phi) is 7.66. The predicted octanol–water partition coefficient (Wildman–Crippen LogP) is 2.80. The minimum Gasteiger partial charge on any atom is -0.325 e. The van der Waals surface area contributed by atoms with E-state index in [0.717, 1.165) is 41.7 Å². The summed E-state index contributed by atoms with van der Waals surface area (Å²) in [6, 6.07) is 6.46. The van der Waals surface area contributed by atoms with E-state index in [9.17, 15) is 4.79 Å². The number of anilines is 1. The molecular formula is C15H23BrClN3O. The molecule has 118 valence electrons. The summed E-state index contributed by atoms with van der Waals surface area (Å²) >= 11 is 3.46. The molecule has 0 spiro atoms. The maximum atomic E-state index is 12.0. The van der Waals surface area contributed by atoms with E-state index in [0.29, 0.717) is 12.6 Å². The van der Waals surface area contributed by atoms with Crippen LogP contribution >= 0.6 is 28.3 Å². The van der Waals surface area contributed by atoms with Gasteiger partial charge in [-0.3, -0.25) is 9.69 Å². The fraction of sp³-hybridized carbons (Fsp3) is 0.533. The van der Waals surface area contributed by atoms with Gasteiger partial charge in [-0.15, -0.1) is 12.4 Å². The van der Waals surface area contributed by atoms with Crippen molar-refractivity contribution in [2.45, 2.75) is 25.8 Å². The van der Waals surface area contributed by atoms with Gasteiger partial charge < -0.3 is 10.6 Å². The monoisotopic (exact) mass is 375 g/mol. The quantitative estimate of drug-likeness (QED) is 0.849. The van der Waals surface area contributed by atoms with Crippen molar-refractivity contribution in [1.29, 1.82) is 0 Å². The number of halogens is 2. The molecule has 1 aliphatic heterocycles. The van der Waals surface area contributed by atoms with Crippen LogP contribution in [0, 0.1) is 6.92 Å². The molecule has 1 aliphatic rings. The Morgan fingerprint density at radius 2 is 2.05 bits per heavy atom. The Balaban J connectivity index is 0.00000220. The lowest BCUT2D eigenvalue weighted by Gasteiger charge is -2.31. The Hall–Kier alpha value is -0.620. The third-order valence-electron chi connectivity index (χ3n) is 3.80. The van der Waals surface area contributed by atoms with Crippen molar-refractivity contribution in [2.24, 2.45) is 0 Å². The molecule has 0 saturated carbocycles. The number of likely N-dealkylation sites (tertiary alicyclic amines) is 1. The van der Waals surface area contributed by atoms with E-state index in [-0.39, 0.29) is 18.3 Å². The highest BCUT2D eigenvalue weighted by atomic mass is 79.9. The summed E-state index contributed by atoms with van der Waals surface area (Å²) in [4.78, 5) is 14.3. The molecule has 1 saturated heterocycles. The molecule has 0 aromatic heterocycles. The summed E-state index contributed by atoms with van der Waals surface area (Å²) in [7, 11) is 2.00. The number of rotatable bonds is 4. The summed E-state index contributed by atoms with van der Waals surface area (Å²) in [5, 5.41) is 6.26. The molecule has 0 radical (unpaired) electrons. The van der Waals surface area contributed by atoms with Gasteiger partial charge in [0.25, 0.3) is 0 Å². The highest BCUT2D eigenvalue weighted by Gasteiger charge is 2.19. The molecule has 0 aliphatic carbocycles. The van der Waals surface area contributed by atoms with E-state index in [2.05, 4.69) is 31.5 Å². The summed E-state index contributed by atoms with van der Waals surface area (Å²) in [5.74, 6) is 0.0645. The number of amides is 1. The standard InChI is InChI=1S/C15H22BrN3O.ClH/c1-11-9-13(3-4-14(11)16)18-15(20)10-19-7-5-12(17-2)6-8-19;/h3-4,9,12,17H,5-8,10H2,1-2H3,(H,18,20);1H. The second-order valence-corrected chi connectivity index (χ2v) is 6.21. The molecule has 21 heavy (non-hydrogen) atoms. The molecule has 1 aromatic carbocycles. The van der Waals surface area contributed by atoms with Crippen molar-refractivity contribution < 1.29 is 4.79 Å². The van der Waals surface area contributed by atoms with Crippen LogP contribution in [0.2, 0.25) is 0 Å². The van der Waals surface area contributed by atoms with Crippen LogP contribution in [0.4, 0.5) is 5.69 Å². The lowest BCUT2D eigenvalue weighted by Crippen LogP contribution is -2.44. The summed E-state index contributed by atoms with van der Waals surface area (Å²) in [5.41, 5.74) is 1.98. The van der Waals surface area contributed by atoms with Gasteiger partial charge in [0.2, 0.25) is 5.91 Å². The fourth-order valence-electron chi connectivity index (χ4n) is 2.51. The third kappa shape index (κ3) is 5.58. The second-order valence-electron chi connectivity index (χ2n) is 5.35. The lowest BCUT2D eigenvalue weighted by molar-refractivity contribution is -0.117. The first-order chi connectivity index (χ1) is 9.58. The Morgan fingerprint density at radius 1 is 1.38 bits per heavy atom. The Labute approximate surface area is 141 Å². The third-order valence-corrected chi connectivity index (χ3v) is 4.69. The molecule has 1 amide bonds. The van der Waals surface area contributed by atoms with Crippen molar-refractivity contribution >= 4 is 39.9 Å². The van der Waals surface area contributed by atoms with Crippen LogP contribution in [-0.4, -0.2) is 43.5 Å². The zero-order valence-corrected chi connectivity index (χ0v) is 14.9. The number of nitrogens with one attached hydrogen (secondary N) is 2. The van der Waals surface area contributed by atoms with Gasteiger partial charge in [-0.05, 0) is 50.6 Å². The van der Waals surface area contributed by atoms with E-state index in [1.165, 1.54) is 0 Å². The largest absolute Gasteiger partial charge is 0.325 e. The molecule has 2 N–H and O–H groups in total. The summed E-state index contributed by atoms with van der Waals surface area (Å²) < 4.78 is 1.06. The van der Waals surface area contributed by atoms with E-state index in [4.69, 9.17) is 0 Å². The van der Waals surface area contributed by atoms with Gasteiger partial charge in [0.05, 0.1) is 6.54 Å². The molecule has 1 heterocycles. The van der Waals surface area contributed by atoms with Crippen molar-refractivity contribution in [3.05, 3.63) is 28.2 Å². The average molecular weight is 377 g/mol. The van der Waals surface area contributed by atoms with Gasteiger partial charge in [-0.1, -0.05) is 15.9 Å². The van der Waals surface area contributed by atoms with Crippen LogP contribution < -0.4 is 10.6 Å². The van der Waals surface area contributed by atoms with Crippen molar-refractivity contribution in [2.75, 3.05) is 32.0 Å². The maximum Gasteiger partial charge on any atom is 0.238 e. The number of benzene rings is 1. The van der Waals surface area contributed by atoms with E-state index in [1.807, 2.05) is 32.2 Å². The van der Waals surface area contributed by atoms with Crippen LogP contribution in [0.15, 0.2) is 22.7 Å². The molecule has 0 bridgehead atoms. The molecule has 1 aromatic rings. The number of piperidine rings is 1. The van der Waals surface area contributed by atoms with Gasteiger partial charge in [0.1, 0.15) is 0 Å². The number of carbonyl (C=O) groups excluding carboxylic acids is 1. The highest BCUT2D eigenvalue weighted by molar-refractivity contribution is 9.10. The lowest BCUT2D eigenvalue weighted by atomic mass is 10.1. The molecule has 2 rings (SSSR count). The zero-order chi connectivity index (χ0) is 14.5. The summed E-state index contributed by atoms with van der Waals surface area (Å²) in [6.07, 6.45) is 2.22. The highest BCUT2D eigenvalue weighted by Crippen LogP contribution is 2.20. The number of hydrogen-bond donors (Lipinski definition) is 2. The van der Waals surface area contributed by atoms with E-state index >= 15 is 0 Å². The smallest absolute Gasteiger partial charge is 0.238 e. The van der Waals surface area contributed by atoms with Crippen LogP contribution in [0.3, 0.4) is 0 Å². The molecule has 0 unspecified atom stereocenters. The van der Waals surface area contributed by atoms with Crippen molar-refractivity contribution in [3.8, 4) is 0 Å². The SMILES string of the molecule is CNC1CCN(CC(=O)Nc2ccc(Br)c(C)c2)CC1.Cl. The molecule has 4 nitrogen and oxygen atoms in total. The number of hydrogen-bond acceptors (Lipinski definition) is 3. The molecule has 6 heteroatoms. The van der Waals surface area contributed by atoms with Crippen molar-refractivity contribution in [3.63, 3.8) is 0 Å². The van der Waals surface area contributed by atoms with Crippen LogP contribution in [0.5, 0.6) is 0 Å². The zero-order valence-electron chi connectivity index (χ0n) is 12.5. The van der Waals surface area contributed by atoms with Crippen LogP contribution in [-0.2, 0) is 4.79 Å². The average Bonchev–Trinajstić information content (AvgIpc) is 2.44. The number of carbonyl (C=O) groups is 1. The van der Waals surface area contributed by atoms with Crippen molar-refractivity contribution in [1.82, 2.24) is 10.2 Å².